The van der Waals surface area contributed by atoms with Crippen molar-refractivity contribution < 1.29 is 4.74 Å². The van der Waals surface area contributed by atoms with E-state index in [0.717, 1.165) is 57.3 Å². The van der Waals surface area contributed by atoms with Gasteiger partial charge < -0.3 is 14.5 Å². The highest BCUT2D eigenvalue weighted by Crippen LogP contribution is 2.03. The molecule has 1 aliphatic rings. The zero-order valence-electron chi connectivity index (χ0n) is 11.1. The summed E-state index contributed by atoms with van der Waals surface area (Å²) < 4.78 is 7.39. The molecule has 5 heteroatoms. The molecule has 0 radical (unpaired) electrons. The molecule has 0 atom stereocenters. The minimum absolute atomic E-state index is 0.825. The molecular formula is C14H20N4O. The fraction of sp³-hybridized carbons (Fsp3) is 0.500. The molecule has 3 heterocycles. The van der Waals surface area contributed by atoms with Gasteiger partial charge in [-0.2, -0.15) is 0 Å². The summed E-state index contributed by atoms with van der Waals surface area (Å²) >= 11 is 0. The third-order valence-corrected chi connectivity index (χ3v) is 3.43. The Kier molecular flexibility index (Phi) is 4.07. The molecule has 2 aromatic heterocycles. The van der Waals surface area contributed by atoms with Crippen LogP contribution in [0.25, 0.3) is 5.65 Å². The van der Waals surface area contributed by atoms with E-state index in [1.165, 1.54) is 0 Å². The monoisotopic (exact) mass is 260 g/mol. The Labute approximate surface area is 113 Å². The zero-order valence-corrected chi connectivity index (χ0v) is 11.1. The number of ether oxygens (including phenoxy) is 1. The van der Waals surface area contributed by atoms with E-state index in [1.807, 2.05) is 24.4 Å². The highest BCUT2D eigenvalue weighted by atomic mass is 16.5. The largest absolute Gasteiger partial charge is 0.379 e. The normalized spacial score (nSPS) is 17.1. The van der Waals surface area contributed by atoms with Crippen molar-refractivity contribution in [2.45, 2.75) is 6.54 Å². The van der Waals surface area contributed by atoms with Gasteiger partial charge in [0.05, 0.1) is 18.9 Å². The van der Waals surface area contributed by atoms with Crippen molar-refractivity contribution in [1.29, 1.82) is 0 Å². The molecule has 1 N–H and O–H groups in total. The molecule has 0 saturated carbocycles. The van der Waals surface area contributed by atoms with Crippen LogP contribution < -0.4 is 5.32 Å². The molecule has 3 rings (SSSR count). The third-order valence-electron chi connectivity index (χ3n) is 3.43. The molecule has 0 amide bonds. The van der Waals surface area contributed by atoms with Gasteiger partial charge in [-0.1, -0.05) is 6.07 Å². The van der Waals surface area contributed by atoms with Crippen LogP contribution in [0.15, 0.2) is 30.6 Å². The van der Waals surface area contributed by atoms with Gasteiger partial charge in [0.1, 0.15) is 5.65 Å². The highest BCUT2D eigenvalue weighted by molar-refractivity contribution is 5.39. The number of rotatable bonds is 5. The number of hydrogen-bond acceptors (Lipinski definition) is 4. The second-order valence-corrected chi connectivity index (χ2v) is 4.83. The molecule has 0 aliphatic carbocycles. The lowest BCUT2D eigenvalue weighted by Gasteiger charge is -2.26. The lowest BCUT2D eigenvalue weighted by Crippen LogP contribution is -2.40. The average molecular weight is 260 g/mol. The van der Waals surface area contributed by atoms with Gasteiger partial charge in [0.2, 0.25) is 0 Å². The van der Waals surface area contributed by atoms with Gasteiger partial charge in [-0.25, -0.2) is 4.98 Å². The Morgan fingerprint density at radius 1 is 1.26 bits per heavy atom. The highest BCUT2D eigenvalue weighted by Gasteiger charge is 2.09. The number of imidazole rings is 1. The van der Waals surface area contributed by atoms with Crippen molar-refractivity contribution in [3.05, 3.63) is 36.3 Å². The summed E-state index contributed by atoms with van der Waals surface area (Å²) in [5.41, 5.74) is 2.10. The van der Waals surface area contributed by atoms with Gasteiger partial charge in [0.15, 0.2) is 0 Å². The van der Waals surface area contributed by atoms with Crippen LogP contribution in [0.3, 0.4) is 0 Å². The first-order valence-electron chi connectivity index (χ1n) is 6.85. The first-order valence-corrected chi connectivity index (χ1v) is 6.85. The number of aromatic nitrogens is 2. The summed E-state index contributed by atoms with van der Waals surface area (Å²) in [7, 11) is 0. The van der Waals surface area contributed by atoms with Crippen LogP contribution in [0, 0.1) is 0 Å². The summed E-state index contributed by atoms with van der Waals surface area (Å²) in [5.74, 6) is 0. The standard InChI is InChI=1S/C14H20N4O/c1-2-5-18-12-13(16-14(18)3-1)11-15-4-6-17-7-9-19-10-8-17/h1-3,5,12,15H,4,6-11H2. The first kappa shape index (κ1) is 12.6. The predicted molar refractivity (Wildman–Crippen MR) is 74.2 cm³/mol. The van der Waals surface area contributed by atoms with Crippen LogP contribution in [0.5, 0.6) is 0 Å². The van der Waals surface area contributed by atoms with E-state index in [-0.39, 0.29) is 0 Å². The number of morpholine rings is 1. The summed E-state index contributed by atoms with van der Waals surface area (Å²) in [4.78, 5) is 6.99. The van der Waals surface area contributed by atoms with Gasteiger partial charge in [-0.05, 0) is 12.1 Å². The zero-order chi connectivity index (χ0) is 12.9. The minimum atomic E-state index is 0.825. The van der Waals surface area contributed by atoms with Crippen molar-refractivity contribution in [2.24, 2.45) is 0 Å². The molecule has 102 valence electrons. The molecule has 0 spiro atoms. The van der Waals surface area contributed by atoms with E-state index in [2.05, 4.69) is 25.8 Å². The number of nitrogens with one attached hydrogen (secondary N) is 1. The first-order chi connectivity index (χ1) is 9.42. The molecule has 0 unspecified atom stereocenters. The lowest BCUT2D eigenvalue weighted by molar-refractivity contribution is 0.0384. The quantitative estimate of drug-likeness (QED) is 0.806. The van der Waals surface area contributed by atoms with Crippen molar-refractivity contribution >= 4 is 5.65 Å². The van der Waals surface area contributed by atoms with E-state index in [9.17, 15) is 0 Å². The molecule has 1 aliphatic heterocycles. The third kappa shape index (κ3) is 3.32. The fourth-order valence-electron chi connectivity index (χ4n) is 2.35. The Balaban J connectivity index is 1.44. The summed E-state index contributed by atoms with van der Waals surface area (Å²) in [6.07, 6.45) is 4.11. The van der Waals surface area contributed by atoms with E-state index in [1.54, 1.807) is 0 Å². The maximum Gasteiger partial charge on any atom is 0.137 e. The number of hydrogen-bond donors (Lipinski definition) is 1. The molecule has 19 heavy (non-hydrogen) atoms. The fourth-order valence-corrected chi connectivity index (χ4v) is 2.35. The van der Waals surface area contributed by atoms with Crippen molar-refractivity contribution in [3.63, 3.8) is 0 Å². The second-order valence-electron chi connectivity index (χ2n) is 4.83. The Morgan fingerprint density at radius 3 is 3.00 bits per heavy atom. The average Bonchev–Trinajstić information content (AvgIpc) is 2.87. The van der Waals surface area contributed by atoms with Gasteiger partial charge in [-0.3, -0.25) is 4.90 Å². The Hall–Kier alpha value is -1.43. The van der Waals surface area contributed by atoms with Crippen LogP contribution in [0.1, 0.15) is 5.69 Å². The van der Waals surface area contributed by atoms with Gasteiger partial charge in [-0.15, -0.1) is 0 Å². The van der Waals surface area contributed by atoms with Gasteiger partial charge in [0.25, 0.3) is 0 Å². The van der Waals surface area contributed by atoms with Crippen LogP contribution in [-0.2, 0) is 11.3 Å². The predicted octanol–water partition coefficient (Wildman–Crippen LogP) is 0.756. The lowest BCUT2D eigenvalue weighted by atomic mass is 10.4. The molecule has 1 saturated heterocycles. The van der Waals surface area contributed by atoms with Crippen molar-refractivity contribution in [1.82, 2.24) is 19.6 Å². The molecule has 1 fully saturated rings. The van der Waals surface area contributed by atoms with Crippen LogP contribution >= 0.6 is 0 Å². The van der Waals surface area contributed by atoms with E-state index in [0.29, 0.717) is 0 Å². The van der Waals surface area contributed by atoms with Gasteiger partial charge >= 0.3 is 0 Å². The van der Waals surface area contributed by atoms with Crippen molar-refractivity contribution in [3.8, 4) is 0 Å². The summed E-state index contributed by atoms with van der Waals surface area (Å²) in [6.45, 7) is 6.74. The maximum atomic E-state index is 5.33. The molecule has 0 aromatic carbocycles. The van der Waals surface area contributed by atoms with E-state index in [4.69, 9.17) is 4.74 Å². The minimum Gasteiger partial charge on any atom is -0.379 e. The maximum absolute atomic E-state index is 5.33. The molecule has 2 aromatic rings. The second kappa shape index (κ2) is 6.14. The topological polar surface area (TPSA) is 41.8 Å². The summed E-state index contributed by atoms with van der Waals surface area (Å²) in [6, 6.07) is 6.06. The van der Waals surface area contributed by atoms with Crippen LogP contribution in [0.4, 0.5) is 0 Å². The van der Waals surface area contributed by atoms with Crippen molar-refractivity contribution in [2.75, 3.05) is 39.4 Å². The smallest absolute Gasteiger partial charge is 0.137 e. The van der Waals surface area contributed by atoms with Crippen LogP contribution in [-0.4, -0.2) is 53.7 Å². The van der Waals surface area contributed by atoms with E-state index < -0.39 is 0 Å². The molecular weight excluding hydrogens is 240 g/mol. The molecule has 5 nitrogen and oxygen atoms in total. The Morgan fingerprint density at radius 2 is 2.16 bits per heavy atom. The Bertz CT molecular complexity index is 486. The number of pyridine rings is 1. The van der Waals surface area contributed by atoms with Gasteiger partial charge in [0, 0.05) is 45.1 Å². The SMILES string of the molecule is c1ccn2cc(CNCCN3CCOCC3)nc2c1. The summed E-state index contributed by atoms with van der Waals surface area (Å²) in [5, 5.41) is 3.45. The number of nitrogens with zero attached hydrogens (tertiary/aromatic N) is 3. The van der Waals surface area contributed by atoms with E-state index >= 15 is 0 Å². The number of fused-ring (bicyclic) bond motifs is 1. The van der Waals surface area contributed by atoms with Crippen LogP contribution in [0.2, 0.25) is 0 Å². The molecule has 0 bridgehead atoms.